The fourth-order valence-electron chi connectivity index (χ4n) is 4.92. The predicted molar refractivity (Wildman–Crippen MR) is 120 cm³/mol. The lowest BCUT2D eigenvalue weighted by Crippen LogP contribution is -2.35. The minimum Gasteiger partial charge on any atom is -0.314 e. The Kier molecular flexibility index (Phi) is 5.04. The molecular weight excluding hydrogens is 378 g/mol. The number of nitrogens with one attached hydrogen (secondary N) is 1. The molecule has 0 saturated carbocycles. The van der Waals surface area contributed by atoms with Crippen LogP contribution in [0.3, 0.4) is 0 Å². The average Bonchev–Trinajstić information content (AvgIpc) is 3.28. The van der Waals surface area contributed by atoms with E-state index < -0.39 is 0 Å². The van der Waals surface area contributed by atoms with Gasteiger partial charge in [0.15, 0.2) is 0 Å². The highest BCUT2D eigenvalue weighted by molar-refractivity contribution is 7.18. The smallest absolute Gasteiger partial charge is 0.262 e. The molecular formula is C24H29N3OS. The van der Waals surface area contributed by atoms with Crippen LogP contribution in [0.5, 0.6) is 0 Å². The number of aryl methyl sites for hydroxylation is 1. The summed E-state index contributed by atoms with van der Waals surface area (Å²) >= 11 is 1.73. The minimum absolute atomic E-state index is 0.163. The quantitative estimate of drug-likeness (QED) is 0.686. The molecule has 1 atom stereocenters. The summed E-state index contributed by atoms with van der Waals surface area (Å²) in [4.78, 5) is 20.5. The van der Waals surface area contributed by atoms with E-state index in [2.05, 4.69) is 43.4 Å². The first-order chi connectivity index (χ1) is 14.1. The van der Waals surface area contributed by atoms with E-state index in [0.717, 1.165) is 54.8 Å². The third kappa shape index (κ3) is 3.55. The number of aromatic nitrogens is 2. The van der Waals surface area contributed by atoms with Crippen molar-refractivity contribution < 1.29 is 0 Å². The summed E-state index contributed by atoms with van der Waals surface area (Å²) in [6.45, 7) is 5.62. The Hall–Kier alpha value is -1.98. The summed E-state index contributed by atoms with van der Waals surface area (Å²) < 4.78 is 1.91. The second-order valence-corrected chi connectivity index (χ2v) is 10.1. The van der Waals surface area contributed by atoms with Gasteiger partial charge >= 0.3 is 0 Å². The molecule has 29 heavy (non-hydrogen) atoms. The molecule has 0 fully saturated rings. The summed E-state index contributed by atoms with van der Waals surface area (Å²) in [5.74, 6) is 0.732. The van der Waals surface area contributed by atoms with Crippen LogP contribution in [0.1, 0.15) is 54.3 Å². The molecule has 0 aliphatic heterocycles. The van der Waals surface area contributed by atoms with Crippen molar-refractivity contribution in [3.05, 3.63) is 62.5 Å². The first-order valence-corrected chi connectivity index (χ1v) is 11.7. The number of hydrogen-bond acceptors (Lipinski definition) is 4. The Balaban J connectivity index is 1.41. The highest BCUT2D eigenvalue weighted by atomic mass is 32.1. The average molecular weight is 408 g/mol. The molecule has 0 unspecified atom stereocenters. The Morgan fingerprint density at radius 2 is 1.97 bits per heavy atom. The van der Waals surface area contributed by atoms with Crippen LogP contribution in [0.15, 0.2) is 35.4 Å². The zero-order valence-electron chi connectivity index (χ0n) is 17.3. The van der Waals surface area contributed by atoms with Gasteiger partial charge < -0.3 is 5.32 Å². The van der Waals surface area contributed by atoms with Gasteiger partial charge in [0.1, 0.15) is 4.83 Å². The molecule has 2 heterocycles. The first kappa shape index (κ1) is 19.0. The van der Waals surface area contributed by atoms with Crippen molar-refractivity contribution in [3.8, 4) is 0 Å². The molecule has 5 heteroatoms. The van der Waals surface area contributed by atoms with Crippen LogP contribution in [0, 0.1) is 5.92 Å². The van der Waals surface area contributed by atoms with Crippen LogP contribution in [-0.2, 0) is 25.7 Å². The van der Waals surface area contributed by atoms with Crippen LogP contribution in [0.4, 0.5) is 0 Å². The second kappa shape index (κ2) is 7.69. The number of rotatable bonds is 5. The lowest BCUT2D eigenvalue weighted by molar-refractivity contribution is 0.435. The summed E-state index contributed by atoms with van der Waals surface area (Å²) in [5, 5.41) is 4.61. The predicted octanol–water partition coefficient (Wildman–Crippen LogP) is 4.29. The number of fused-ring (bicyclic) bond motifs is 4. The molecule has 0 amide bonds. The minimum atomic E-state index is 0.163. The van der Waals surface area contributed by atoms with E-state index >= 15 is 0 Å². The molecule has 1 aromatic carbocycles. The van der Waals surface area contributed by atoms with Gasteiger partial charge in [-0.2, -0.15) is 0 Å². The van der Waals surface area contributed by atoms with Crippen molar-refractivity contribution in [2.45, 2.75) is 64.5 Å². The number of thiophene rings is 1. The van der Waals surface area contributed by atoms with Crippen molar-refractivity contribution in [1.29, 1.82) is 0 Å². The van der Waals surface area contributed by atoms with Crippen LogP contribution in [-0.4, -0.2) is 22.1 Å². The van der Waals surface area contributed by atoms with Crippen LogP contribution >= 0.6 is 11.3 Å². The highest BCUT2D eigenvalue weighted by Gasteiger charge is 2.28. The van der Waals surface area contributed by atoms with Crippen molar-refractivity contribution in [2.75, 3.05) is 6.54 Å². The zero-order chi connectivity index (χ0) is 20.0. The highest BCUT2D eigenvalue weighted by Crippen LogP contribution is 2.35. The molecule has 5 rings (SSSR count). The molecule has 3 aromatic rings. The van der Waals surface area contributed by atoms with Crippen LogP contribution < -0.4 is 10.9 Å². The third-order valence-corrected chi connectivity index (χ3v) is 7.73. The van der Waals surface area contributed by atoms with Gasteiger partial charge in [-0.3, -0.25) is 9.36 Å². The molecule has 0 bridgehead atoms. The number of nitrogens with zero attached hydrogens (tertiary/aromatic N) is 2. The van der Waals surface area contributed by atoms with E-state index in [1.165, 1.54) is 28.0 Å². The SMILES string of the molecule is CC(C)CCN[C@H]1CCc2c(sc3ncn(C4Cc5ccccc5C4)c(=O)c23)C1. The topological polar surface area (TPSA) is 46.9 Å². The largest absolute Gasteiger partial charge is 0.314 e. The Morgan fingerprint density at radius 1 is 1.21 bits per heavy atom. The molecule has 0 spiro atoms. The molecule has 1 N–H and O–H groups in total. The summed E-state index contributed by atoms with van der Waals surface area (Å²) in [7, 11) is 0. The molecule has 2 aromatic heterocycles. The van der Waals surface area contributed by atoms with Crippen molar-refractivity contribution in [2.24, 2.45) is 5.92 Å². The monoisotopic (exact) mass is 407 g/mol. The zero-order valence-corrected chi connectivity index (χ0v) is 18.1. The maximum atomic E-state index is 13.4. The molecule has 0 radical (unpaired) electrons. The van der Waals surface area contributed by atoms with E-state index in [4.69, 9.17) is 4.98 Å². The molecule has 2 aliphatic rings. The summed E-state index contributed by atoms with van der Waals surface area (Å²) in [6.07, 6.45) is 7.99. The van der Waals surface area contributed by atoms with Gasteiger partial charge in [-0.15, -0.1) is 11.3 Å². The van der Waals surface area contributed by atoms with Crippen LogP contribution in [0.25, 0.3) is 10.2 Å². The molecule has 0 saturated heterocycles. The van der Waals surface area contributed by atoms with Crippen LogP contribution in [0.2, 0.25) is 0 Å². The van der Waals surface area contributed by atoms with Gasteiger partial charge in [-0.1, -0.05) is 38.1 Å². The van der Waals surface area contributed by atoms with Gasteiger partial charge in [-0.25, -0.2) is 4.98 Å². The second-order valence-electron chi connectivity index (χ2n) is 9.05. The van der Waals surface area contributed by atoms with Gasteiger partial charge in [0.05, 0.1) is 11.7 Å². The van der Waals surface area contributed by atoms with E-state index in [1.54, 1.807) is 17.7 Å². The van der Waals surface area contributed by atoms with Crippen molar-refractivity contribution in [3.63, 3.8) is 0 Å². The van der Waals surface area contributed by atoms with Gasteiger partial charge in [-0.05, 0) is 67.7 Å². The van der Waals surface area contributed by atoms with E-state index in [1.807, 2.05) is 4.57 Å². The first-order valence-electron chi connectivity index (χ1n) is 10.9. The van der Waals surface area contributed by atoms with E-state index in [9.17, 15) is 4.79 Å². The fraction of sp³-hybridized carbons (Fsp3) is 0.500. The fourth-order valence-corrected chi connectivity index (χ4v) is 6.18. The third-order valence-electron chi connectivity index (χ3n) is 6.57. The summed E-state index contributed by atoms with van der Waals surface area (Å²) in [5.41, 5.74) is 4.17. The molecule has 152 valence electrons. The van der Waals surface area contributed by atoms with E-state index in [0.29, 0.717) is 6.04 Å². The Bertz CT molecular complexity index is 1070. The Labute approximate surface area is 176 Å². The van der Waals surface area contributed by atoms with E-state index in [-0.39, 0.29) is 11.6 Å². The van der Waals surface area contributed by atoms with Gasteiger partial charge in [0.2, 0.25) is 0 Å². The van der Waals surface area contributed by atoms with Gasteiger partial charge in [0.25, 0.3) is 5.56 Å². The molecule has 2 aliphatic carbocycles. The van der Waals surface area contributed by atoms with Crippen molar-refractivity contribution >= 4 is 21.6 Å². The number of hydrogen-bond donors (Lipinski definition) is 1. The summed E-state index contributed by atoms with van der Waals surface area (Å²) in [6, 6.07) is 9.27. The maximum absolute atomic E-state index is 13.4. The molecule has 4 nitrogen and oxygen atoms in total. The Morgan fingerprint density at radius 3 is 2.69 bits per heavy atom. The van der Waals surface area contributed by atoms with Gasteiger partial charge in [0, 0.05) is 17.0 Å². The lowest BCUT2D eigenvalue weighted by atomic mass is 9.93. The maximum Gasteiger partial charge on any atom is 0.262 e. The standard InChI is InChI=1S/C24H29N3OS/c1-15(2)9-10-25-18-7-8-20-21(13-18)29-23-22(20)24(28)27(14-26-23)19-11-16-5-3-4-6-17(16)12-19/h3-6,14-15,18-19,25H,7-13H2,1-2H3/t18-/m0/s1. The lowest BCUT2D eigenvalue weighted by Gasteiger charge is -2.24. The normalized spacial score (nSPS) is 19.1. The van der Waals surface area contributed by atoms with Crippen molar-refractivity contribution in [1.82, 2.24) is 14.9 Å². The number of benzene rings is 1.